The van der Waals surface area contributed by atoms with Gasteiger partial charge in [0.05, 0.1) is 20.7 Å². The second kappa shape index (κ2) is 8.76. The van der Waals surface area contributed by atoms with Crippen molar-refractivity contribution < 1.29 is 18.7 Å². The van der Waals surface area contributed by atoms with Crippen molar-refractivity contribution in [2.24, 2.45) is 5.92 Å². The number of furan rings is 1. The van der Waals surface area contributed by atoms with Crippen LogP contribution in [-0.2, 0) is 0 Å². The summed E-state index contributed by atoms with van der Waals surface area (Å²) in [7, 11) is 1.61. The molecule has 1 saturated heterocycles. The van der Waals surface area contributed by atoms with Gasteiger partial charge in [0.1, 0.15) is 22.8 Å². The number of pyridine rings is 1. The summed E-state index contributed by atoms with van der Waals surface area (Å²) in [5.41, 5.74) is 1.89. The number of hydrogen-bond acceptors (Lipinski definition) is 6. The molecule has 3 aromatic heterocycles. The van der Waals surface area contributed by atoms with Gasteiger partial charge in [0, 0.05) is 49.8 Å². The Labute approximate surface area is 201 Å². The maximum Gasteiger partial charge on any atom is 0.264 e. The van der Waals surface area contributed by atoms with Crippen LogP contribution in [0.5, 0.6) is 11.5 Å². The summed E-state index contributed by atoms with van der Waals surface area (Å²) in [6.07, 6.45) is 2.72. The largest absolute Gasteiger partial charge is 0.460 e. The molecule has 2 amide bonds. The fourth-order valence-corrected chi connectivity index (χ4v) is 5.46. The number of rotatable bonds is 5. The fraction of sp³-hybridized carbons (Fsp3) is 0.346. The molecule has 4 heterocycles. The number of thiophene rings is 1. The third-order valence-corrected chi connectivity index (χ3v) is 7.32. The molecule has 1 aliphatic rings. The van der Waals surface area contributed by atoms with E-state index in [0.29, 0.717) is 39.2 Å². The molecule has 34 heavy (non-hydrogen) atoms. The molecule has 1 fully saturated rings. The first-order chi connectivity index (χ1) is 16.4. The molecular weight excluding hydrogens is 450 g/mol. The number of nitrogens with zero attached hydrogens (tertiary/aromatic N) is 2. The average molecular weight is 478 g/mol. The summed E-state index contributed by atoms with van der Waals surface area (Å²) in [4.78, 5) is 32.5. The van der Waals surface area contributed by atoms with Crippen LogP contribution in [0, 0.1) is 5.92 Å². The van der Waals surface area contributed by atoms with Gasteiger partial charge in [0.15, 0.2) is 0 Å². The summed E-state index contributed by atoms with van der Waals surface area (Å²) in [6.45, 7) is 7.75. The molecule has 4 aromatic rings. The molecule has 0 saturated carbocycles. The molecule has 0 radical (unpaired) electrons. The number of carbonyl (C=O) groups excluding carboxylic acids is 2. The fourth-order valence-electron chi connectivity index (χ4n) is 4.43. The lowest BCUT2D eigenvalue weighted by Crippen LogP contribution is -2.27. The van der Waals surface area contributed by atoms with Crippen molar-refractivity contribution in [2.45, 2.75) is 33.1 Å². The minimum Gasteiger partial charge on any atom is -0.460 e. The van der Waals surface area contributed by atoms with E-state index in [-0.39, 0.29) is 17.7 Å². The SMILES string of the molecule is CNC(=O)c1c(C(C)C)oc2cc(Oc3ccnc4cc(C(=O)N5CC[C@@H](C)C5)sc34)ccc12. The van der Waals surface area contributed by atoms with E-state index in [1.54, 1.807) is 25.4 Å². The van der Waals surface area contributed by atoms with Crippen LogP contribution in [0.3, 0.4) is 0 Å². The first kappa shape index (κ1) is 22.4. The number of ether oxygens (including phenoxy) is 1. The lowest BCUT2D eigenvalue weighted by Gasteiger charge is -2.14. The highest BCUT2D eigenvalue weighted by atomic mass is 32.1. The van der Waals surface area contributed by atoms with Crippen LogP contribution in [0.25, 0.3) is 21.2 Å². The zero-order valence-electron chi connectivity index (χ0n) is 19.7. The Morgan fingerprint density at radius 2 is 2.09 bits per heavy atom. The Morgan fingerprint density at radius 3 is 2.79 bits per heavy atom. The summed E-state index contributed by atoms with van der Waals surface area (Å²) < 4.78 is 13.1. The molecule has 5 rings (SSSR count). The van der Waals surface area contributed by atoms with Gasteiger partial charge in [-0.05, 0) is 30.5 Å². The second-order valence-electron chi connectivity index (χ2n) is 9.11. The van der Waals surface area contributed by atoms with E-state index >= 15 is 0 Å². The number of hydrogen-bond donors (Lipinski definition) is 1. The molecule has 1 aromatic carbocycles. The van der Waals surface area contributed by atoms with Crippen molar-refractivity contribution in [3.05, 3.63) is 52.7 Å². The van der Waals surface area contributed by atoms with Gasteiger partial charge in [0.2, 0.25) is 0 Å². The van der Waals surface area contributed by atoms with E-state index in [9.17, 15) is 9.59 Å². The van der Waals surface area contributed by atoms with E-state index in [0.717, 1.165) is 35.1 Å². The van der Waals surface area contributed by atoms with Crippen molar-refractivity contribution >= 4 is 44.3 Å². The average Bonchev–Trinajstić information content (AvgIpc) is 3.54. The monoisotopic (exact) mass is 477 g/mol. The van der Waals surface area contributed by atoms with Crippen LogP contribution in [-0.4, -0.2) is 41.8 Å². The molecule has 0 unspecified atom stereocenters. The Bertz CT molecular complexity index is 1400. The summed E-state index contributed by atoms with van der Waals surface area (Å²) >= 11 is 1.41. The number of aromatic nitrogens is 1. The quantitative estimate of drug-likeness (QED) is 0.393. The van der Waals surface area contributed by atoms with Crippen LogP contribution in [0.4, 0.5) is 0 Å². The van der Waals surface area contributed by atoms with Crippen molar-refractivity contribution in [3.63, 3.8) is 0 Å². The maximum atomic E-state index is 13.0. The highest BCUT2D eigenvalue weighted by Gasteiger charge is 2.26. The topological polar surface area (TPSA) is 84.7 Å². The molecule has 8 heteroatoms. The summed E-state index contributed by atoms with van der Waals surface area (Å²) in [5.74, 6) is 2.34. The van der Waals surface area contributed by atoms with Gasteiger partial charge in [-0.2, -0.15) is 0 Å². The van der Waals surface area contributed by atoms with Gasteiger partial charge in [0.25, 0.3) is 11.8 Å². The highest BCUT2D eigenvalue weighted by molar-refractivity contribution is 7.21. The van der Waals surface area contributed by atoms with Crippen LogP contribution < -0.4 is 10.1 Å². The zero-order chi connectivity index (χ0) is 24.0. The maximum absolute atomic E-state index is 13.0. The van der Waals surface area contributed by atoms with Crippen LogP contribution in [0.1, 0.15) is 58.9 Å². The van der Waals surface area contributed by atoms with Crippen molar-refractivity contribution in [2.75, 3.05) is 20.1 Å². The number of likely N-dealkylation sites (tertiary alicyclic amines) is 1. The summed E-state index contributed by atoms with van der Waals surface area (Å²) in [5, 5.41) is 3.45. The molecule has 7 nitrogen and oxygen atoms in total. The van der Waals surface area contributed by atoms with Gasteiger partial charge in [-0.3, -0.25) is 14.6 Å². The van der Waals surface area contributed by atoms with Crippen LogP contribution in [0.15, 0.2) is 40.9 Å². The minimum atomic E-state index is -0.171. The third-order valence-electron chi connectivity index (χ3n) is 6.19. The summed E-state index contributed by atoms with van der Waals surface area (Å²) in [6, 6.07) is 9.11. The van der Waals surface area contributed by atoms with Gasteiger partial charge < -0.3 is 19.4 Å². The number of benzene rings is 1. The molecule has 0 bridgehead atoms. The van der Waals surface area contributed by atoms with Crippen LogP contribution in [0.2, 0.25) is 0 Å². The molecule has 0 spiro atoms. The molecule has 176 valence electrons. The zero-order valence-corrected chi connectivity index (χ0v) is 20.5. The third kappa shape index (κ3) is 3.92. The number of carbonyl (C=O) groups is 2. The predicted molar refractivity (Wildman–Crippen MR) is 133 cm³/mol. The molecule has 1 N–H and O–H groups in total. The van der Waals surface area contributed by atoms with Gasteiger partial charge >= 0.3 is 0 Å². The molecule has 0 aliphatic carbocycles. The Morgan fingerprint density at radius 1 is 1.26 bits per heavy atom. The molecular formula is C26H27N3O4S. The van der Waals surface area contributed by atoms with E-state index in [2.05, 4.69) is 17.2 Å². The van der Waals surface area contributed by atoms with Gasteiger partial charge in [-0.1, -0.05) is 20.8 Å². The Kier molecular flexibility index (Phi) is 5.77. The number of fused-ring (bicyclic) bond motifs is 2. The second-order valence-corrected chi connectivity index (χ2v) is 10.2. The minimum absolute atomic E-state index is 0.0539. The molecule has 1 aliphatic heterocycles. The van der Waals surface area contributed by atoms with E-state index < -0.39 is 0 Å². The van der Waals surface area contributed by atoms with E-state index in [1.807, 2.05) is 36.9 Å². The van der Waals surface area contributed by atoms with Crippen molar-refractivity contribution in [1.82, 2.24) is 15.2 Å². The van der Waals surface area contributed by atoms with E-state index in [1.165, 1.54) is 11.3 Å². The van der Waals surface area contributed by atoms with Crippen molar-refractivity contribution in [1.29, 1.82) is 0 Å². The number of amides is 2. The standard InChI is InChI=1S/C26H27N3O4S/c1-14(2)23-22(25(30)27-4)17-6-5-16(11-20(17)33-23)32-19-7-9-28-18-12-21(34-24(18)19)26(31)29-10-8-15(3)13-29/h5-7,9,11-12,14-15H,8,10,13H2,1-4H3,(H,27,30)/t15-/m1/s1. The predicted octanol–water partition coefficient (Wildman–Crippen LogP) is 5.80. The number of nitrogens with one attached hydrogen (secondary N) is 1. The Hall–Kier alpha value is -3.39. The Balaban J connectivity index is 1.48. The molecule has 1 atom stereocenters. The van der Waals surface area contributed by atoms with E-state index in [4.69, 9.17) is 9.15 Å². The van der Waals surface area contributed by atoms with Gasteiger partial charge in [-0.25, -0.2) is 0 Å². The highest BCUT2D eigenvalue weighted by Crippen LogP contribution is 2.38. The smallest absolute Gasteiger partial charge is 0.264 e. The van der Waals surface area contributed by atoms with Crippen LogP contribution >= 0.6 is 11.3 Å². The normalized spacial score (nSPS) is 16.0. The van der Waals surface area contributed by atoms with Gasteiger partial charge in [-0.15, -0.1) is 11.3 Å². The first-order valence-corrected chi connectivity index (χ1v) is 12.3. The first-order valence-electron chi connectivity index (χ1n) is 11.5. The van der Waals surface area contributed by atoms with Crippen molar-refractivity contribution in [3.8, 4) is 11.5 Å². The lowest BCUT2D eigenvalue weighted by atomic mass is 10.0. The lowest BCUT2D eigenvalue weighted by molar-refractivity contribution is 0.0792.